The molecule has 0 heterocycles. The average Bonchev–Trinajstić information content (AvgIpc) is 2.55. The maximum atomic E-state index is 3.60. The Bertz CT molecular complexity index is 44.0. The van der Waals surface area contributed by atoms with Gasteiger partial charge in [0.05, 0.1) is 0 Å². The van der Waals surface area contributed by atoms with Crippen molar-refractivity contribution in [2.24, 2.45) is 0 Å². The molecule has 0 aromatic rings. The molecule has 0 aliphatic heterocycles. The summed E-state index contributed by atoms with van der Waals surface area (Å²) < 4.78 is 0. The highest BCUT2D eigenvalue weighted by Crippen LogP contribution is 1.91. The minimum Gasteiger partial charge on any atom is -0.103 e. The van der Waals surface area contributed by atoms with Crippen molar-refractivity contribution in [3.8, 4) is 0 Å². The third-order valence-corrected chi connectivity index (χ3v) is 0.762. The number of rotatable bonds is 3. The van der Waals surface area contributed by atoms with Gasteiger partial charge in [0.25, 0.3) is 0 Å². The largest absolute Gasteiger partial charge is 0.103 e. The smallest absolute Gasteiger partial charge is 0.0354 e. The van der Waals surface area contributed by atoms with Gasteiger partial charge in [-0.2, -0.15) is 0 Å². The molecule has 0 bridgehead atoms. The summed E-state index contributed by atoms with van der Waals surface area (Å²) >= 11 is 0. The summed E-state index contributed by atoms with van der Waals surface area (Å²) in [6, 6.07) is 0. The van der Waals surface area contributed by atoms with Crippen molar-refractivity contribution in [1.82, 2.24) is 0 Å². The summed E-state index contributed by atoms with van der Waals surface area (Å²) in [7, 11) is 0. The highest BCUT2D eigenvalue weighted by Gasteiger charge is 1.71. The average molecular weight is 293 g/mol. The van der Waals surface area contributed by atoms with Crippen LogP contribution in [0.4, 0.5) is 0 Å². The van der Waals surface area contributed by atoms with Crippen LogP contribution in [0.1, 0.15) is 122 Å². The fraction of sp³-hybridized carbons (Fsp3) is 0.900. The van der Waals surface area contributed by atoms with E-state index in [1.807, 2.05) is 61.5 Å². The van der Waals surface area contributed by atoms with E-state index in [4.69, 9.17) is 0 Å². The van der Waals surface area contributed by atoms with Crippen LogP contribution >= 0.6 is 0 Å². The minimum atomic E-state index is 1.18. The van der Waals surface area contributed by atoms with Crippen LogP contribution < -0.4 is 0 Å². The van der Waals surface area contributed by atoms with Gasteiger partial charge in [0.2, 0.25) is 0 Å². The van der Waals surface area contributed by atoms with E-state index in [1.54, 1.807) is 0 Å². The Kier molecular flexibility index (Phi) is 382. The Hall–Kier alpha value is -0.260. The SMILES string of the molecule is C=CCCCC.CC.CC.CC.CC.CCC.CCC. The first-order valence-electron chi connectivity index (χ1n) is 9.35. The molecule has 20 heavy (non-hydrogen) atoms. The van der Waals surface area contributed by atoms with Crippen LogP contribution in [0.5, 0.6) is 0 Å². The molecule has 0 amide bonds. The van der Waals surface area contributed by atoms with Gasteiger partial charge < -0.3 is 0 Å². The van der Waals surface area contributed by atoms with Crippen LogP contribution in [0.25, 0.3) is 0 Å². The highest BCUT2D eigenvalue weighted by atomic mass is 13.8. The number of hydrogen-bond donors (Lipinski definition) is 0. The summed E-state index contributed by atoms with van der Waals surface area (Å²) in [6.07, 6.45) is 8.22. The zero-order chi connectivity index (χ0) is 18.2. The molecule has 132 valence electrons. The van der Waals surface area contributed by atoms with Crippen LogP contribution in [0.15, 0.2) is 12.7 Å². The lowest BCUT2D eigenvalue weighted by molar-refractivity contribution is 0.816. The summed E-state index contributed by atoms with van der Waals surface area (Å²) in [5, 5.41) is 0. The van der Waals surface area contributed by atoms with Gasteiger partial charge in [-0.1, -0.05) is 122 Å². The highest BCUT2D eigenvalue weighted by molar-refractivity contribution is 4.64. The number of unbranched alkanes of at least 4 members (excludes halogenated alkanes) is 2. The molecule has 0 spiro atoms. The van der Waals surface area contributed by atoms with Gasteiger partial charge in [-0.15, -0.1) is 6.58 Å². The van der Waals surface area contributed by atoms with Crippen molar-refractivity contribution in [3.63, 3.8) is 0 Å². The van der Waals surface area contributed by atoms with Crippen molar-refractivity contribution in [2.75, 3.05) is 0 Å². The summed E-state index contributed by atoms with van der Waals surface area (Å²) in [4.78, 5) is 0. The van der Waals surface area contributed by atoms with Crippen LogP contribution in [0, 0.1) is 0 Å². The zero-order valence-electron chi connectivity index (χ0n) is 17.8. The quantitative estimate of drug-likeness (QED) is 0.359. The second kappa shape index (κ2) is 179. The zero-order valence-corrected chi connectivity index (χ0v) is 17.8. The lowest BCUT2D eigenvalue weighted by Crippen LogP contribution is -1.61. The van der Waals surface area contributed by atoms with Crippen LogP contribution in [-0.4, -0.2) is 0 Å². The van der Waals surface area contributed by atoms with Crippen LogP contribution in [0.3, 0.4) is 0 Å². The van der Waals surface area contributed by atoms with Gasteiger partial charge in [0, 0.05) is 0 Å². The Balaban J connectivity index is -0.0000000212. The predicted molar refractivity (Wildman–Crippen MR) is 107 cm³/mol. The third kappa shape index (κ3) is 662. The maximum Gasteiger partial charge on any atom is -0.0354 e. The van der Waals surface area contributed by atoms with Crippen LogP contribution in [0.2, 0.25) is 0 Å². The molecule has 0 nitrogen and oxygen atoms in total. The van der Waals surface area contributed by atoms with Crippen molar-refractivity contribution in [3.05, 3.63) is 12.7 Å². The molecule has 0 saturated carbocycles. The predicted octanol–water partition coefficient (Wildman–Crippen LogP) is 9.30. The van der Waals surface area contributed by atoms with E-state index in [0.717, 1.165) is 0 Å². The third-order valence-electron chi connectivity index (χ3n) is 0.762. The second-order valence-electron chi connectivity index (χ2n) is 2.85. The molecular weight excluding hydrogens is 240 g/mol. The first-order valence-corrected chi connectivity index (χ1v) is 9.35. The molecule has 0 fully saturated rings. The fourth-order valence-electron chi connectivity index (χ4n) is 0.348. The normalized spacial score (nSPS) is 5.45. The first-order chi connectivity index (χ1) is 9.74. The van der Waals surface area contributed by atoms with E-state index in [-0.39, 0.29) is 0 Å². The molecule has 0 atom stereocenters. The number of allylic oxidation sites excluding steroid dienone is 1. The molecule has 0 aromatic heterocycles. The summed E-state index contributed by atoms with van der Waals surface area (Å²) in [5.41, 5.74) is 0. The molecule has 0 aliphatic carbocycles. The molecule has 0 radical (unpaired) electrons. The molecule has 0 unspecified atom stereocenters. The first kappa shape index (κ1) is 42.7. The monoisotopic (exact) mass is 292 g/mol. The van der Waals surface area contributed by atoms with Gasteiger partial charge in [-0.05, 0) is 6.42 Å². The summed E-state index contributed by atoms with van der Waals surface area (Å²) in [6.45, 7) is 30.3. The van der Waals surface area contributed by atoms with Crippen LogP contribution in [-0.2, 0) is 0 Å². The van der Waals surface area contributed by atoms with Gasteiger partial charge in [0.15, 0.2) is 0 Å². The van der Waals surface area contributed by atoms with E-state index >= 15 is 0 Å². The van der Waals surface area contributed by atoms with Gasteiger partial charge >= 0.3 is 0 Å². The van der Waals surface area contributed by atoms with Crippen molar-refractivity contribution >= 4 is 0 Å². The Morgan fingerprint density at radius 2 is 0.800 bits per heavy atom. The molecule has 0 saturated heterocycles. The van der Waals surface area contributed by atoms with E-state index in [0.29, 0.717) is 0 Å². The molecule has 0 rings (SSSR count). The Morgan fingerprint density at radius 1 is 0.600 bits per heavy atom. The Labute approximate surface area is 135 Å². The molecule has 0 heteroatoms. The molecule has 0 aliphatic rings. The standard InChI is InChI=1S/C6H12.2C3H8.4C2H6/c1-3-5-6-4-2;2*1-3-2;4*1-2/h3H,1,4-6H2,2H3;2*3H2,1-2H3;4*1-2H3. The van der Waals surface area contributed by atoms with Crippen molar-refractivity contribution < 1.29 is 0 Å². The lowest BCUT2D eigenvalue weighted by Gasteiger charge is -1.81. The molecule has 0 N–H and O–H groups in total. The van der Waals surface area contributed by atoms with E-state index in [2.05, 4.69) is 41.2 Å². The van der Waals surface area contributed by atoms with E-state index < -0.39 is 0 Å². The van der Waals surface area contributed by atoms with Gasteiger partial charge in [0.1, 0.15) is 0 Å². The van der Waals surface area contributed by atoms with E-state index in [1.165, 1.54) is 32.1 Å². The van der Waals surface area contributed by atoms with Gasteiger partial charge in [-0.25, -0.2) is 0 Å². The second-order valence-corrected chi connectivity index (χ2v) is 2.85. The summed E-state index contributed by atoms with van der Waals surface area (Å²) in [5.74, 6) is 0. The number of hydrogen-bond acceptors (Lipinski definition) is 0. The molecule has 0 aromatic carbocycles. The lowest BCUT2D eigenvalue weighted by atomic mass is 10.3. The van der Waals surface area contributed by atoms with Crippen molar-refractivity contribution in [2.45, 2.75) is 122 Å². The van der Waals surface area contributed by atoms with Gasteiger partial charge in [-0.3, -0.25) is 0 Å². The molecular formula is C20H52. The topological polar surface area (TPSA) is 0 Å². The van der Waals surface area contributed by atoms with E-state index in [9.17, 15) is 0 Å². The maximum absolute atomic E-state index is 3.60. The minimum absolute atomic E-state index is 1.18. The van der Waals surface area contributed by atoms with Crippen molar-refractivity contribution in [1.29, 1.82) is 0 Å². The fourth-order valence-corrected chi connectivity index (χ4v) is 0.348. The Morgan fingerprint density at radius 3 is 0.850 bits per heavy atom.